The van der Waals surface area contributed by atoms with Gasteiger partial charge in [-0.05, 0) is 43.4 Å². The molecule has 0 bridgehead atoms. The lowest BCUT2D eigenvalue weighted by molar-refractivity contribution is -0.141. The Morgan fingerprint density at radius 1 is 1.18 bits per heavy atom. The van der Waals surface area contributed by atoms with Gasteiger partial charge < -0.3 is 9.64 Å². The summed E-state index contributed by atoms with van der Waals surface area (Å²) in [6.45, 7) is 2.46. The number of nitrogens with zero attached hydrogens (tertiary/aromatic N) is 2. The van der Waals surface area contributed by atoms with E-state index in [1.54, 1.807) is 4.90 Å². The van der Waals surface area contributed by atoms with E-state index < -0.39 is 11.9 Å². The number of hydrogen-bond donors (Lipinski definition) is 0. The molecule has 2 aromatic rings. The van der Waals surface area contributed by atoms with Crippen LogP contribution in [0.15, 0.2) is 48.7 Å². The number of aromatic nitrogens is 1. The van der Waals surface area contributed by atoms with E-state index in [0.717, 1.165) is 18.0 Å². The molecule has 0 spiro atoms. The summed E-state index contributed by atoms with van der Waals surface area (Å²) in [6.07, 6.45) is -3.47. The third-order valence-electron chi connectivity index (χ3n) is 2.84. The van der Waals surface area contributed by atoms with Gasteiger partial charge in [-0.3, -0.25) is 0 Å². The van der Waals surface area contributed by atoms with Crippen LogP contribution >= 0.6 is 12.2 Å². The summed E-state index contributed by atoms with van der Waals surface area (Å²) in [5.74, 6) is 0.160. The fourth-order valence-electron chi connectivity index (χ4n) is 1.79. The van der Waals surface area contributed by atoms with Gasteiger partial charge in [-0.2, -0.15) is 13.2 Å². The van der Waals surface area contributed by atoms with E-state index in [0.29, 0.717) is 6.54 Å². The molecule has 22 heavy (non-hydrogen) atoms. The molecule has 0 amide bonds. The maximum Gasteiger partial charge on any atom is 0.433 e. The molecule has 0 radical (unpaired) electrons. The molecule has 1 aromatic heterocycles. The highest BCUT2D eigenvalue weighted by molar-refractivity contribution is 7.80. The van der Waals surface area contributed by atoms with Crippen molar-refractivity contribution in [3.05, 3.63) is 54.4 Å². The predicted octanol–water partition coefficient (Wildman–Crippen LogP) is 4.29. The Morgan fingerprint density at radius 2 is 1.86 bits per heavy atom. The number of para-hydroxylation sites is 1. The Kier molecular flexibility index (Phi) is 4.97. The molecular weight excluding hydrogens is 313 g/mol. The third kappa shape index (κ3) is 3.94. The number of hydrogen-bond acceptors (Lipinski definition) is 3. The molecule has 0 aliphatic heterocycles. The van der Waals surface area contributed by atoms with E-state index >= 15 is 0 Å². The second-order valence-electron chi connectivity index (χ2n) is 4.32. The second kappa shape index (κ2) is 6.74. The number of anilines is 1. The van der Waals surface area contributed by atoms with Gasteiger partial charge in [-0.1, -0.05) is 18.2 Å². The molecule has 0 saturated heterocycles. The van der Waals surface area contributed by atoms with Crippen molar-refractivity contribution in [1.29, 1.82) is 0 Å². The zero-order chi connectivity index (χ0) is 16.2. The number of ether oxygens (including phenoxy) is 1. The molecule has 0 aliphatic rings. The van der Waals surface area contributed by atoms with Crippen molar-refractivity contribution in [2.45, 2.75) is 13.1 Å². The minimum atomic E-state index is -4.47. The Bertz CT molecular complexity index is 629. The first-order valence-corrected chi connectivity index (χ1v) is 6.90. The predicted molar refractivity (Wildman–Crippen MR) is 81.9 cm³/mol. The monoisotopic (exact) mass is 326 g/mol. The van der Waals surface area contributed by atoms with E-state index in [9.17, 15) is 13.2 Å². The largest absolute Gasteiger partial charge is 0.433 e. The summed E-state index contributed by atoms with van der Waals surface area (Å²) in [5.41, 5.74) is -0.129. The number of pyridine rings is 1. The minimum absolute atomic E-state index is 0.148. The lowest BCUT2D eigenvalue weighted by Crippen LogP contribution is -2.33. The topological polar surface area (TPSA) is 25.4 Å². The second-order valence-corrected chi connectivity index (χ2v) is 4.67. The van der Waals surface area contributed by atoms with Crippen LogP contribution < -0.4 is 9.64 Å². The number of benzene rings is 1. The van der Waals surface area contributed by atoms with Gasteiger partial charge in [0.2, 0.25) is 0 Å². The smallest absolute Gasteiger partial charge is 0.430 e. The van der Waals surface area contributed by atoms with Crippen molar-refractivity contribution in [2.24, 2.45) is 0 Å². The molecule has 0 saturated carbocycles. The van der Waals surface area contributed by atoms with Gasteiger partial charge in [0.05, 0.1) is 6.20 Å². The number of rotatable bonds is 3. The van der Waals surface area contributed by atoms with Gasteiger partial charge in [0.15, 0.2) is 0 Å². The summed E-state index contributed by atoms with van der Waals surface area (Å²) < 4.78 is 42.8. The van der Waals surface area contributed by atoms with Crippen molar-refractivity contribution in [3.8, 4) is 5.75 Å². The molecule has 116 valence electrons. The number of thiocarbonyl (C=S) groups is 1. The molecule has 0 fully saturated rings. The molecule has 1 heterocycles. The zero-order valence-corrected chi connectivity index (χ0v) is 12.5. The van der Waals surface area contributed by atoms with Gasteiger partial charge >= 0.3 is 6.18 Å². The van der Waals surface area contributed by atoms with Crippen LogP contribution in [0.25, 0.3) is 0 Å². The number of alkyl halides is 3. The van der Waals surface area contributed by atoms with Crippen LogP contribution in [-0.4, -0.2) is 16.7 Å². The maximum atomic E-state index is 12.4. The first-order valence-electron chi connectivity index (χ1n) is 6.49. The molecule has 0 N–H and O–H groups in total. The molecule has 3 nitrogen and oxygen atoms in total. The van der Waals surface area contributed by atoms with Gasteiger partial charge in [-0.25, -0.2) is 4.98 Å². The van der Waals surface area contributed by atoms with Crippen LogP contribution in [0.1, 0.15) is 12.6 Å². The van der Waals surface area contributed by atoms with Crippen LogP contribution in [0, 0.1) is 0 Å². The molecule has 7 heteroatoms. The van der Waals surface area contributed by atoms with Crippen molar-refractivity contribution >= 4 is 23.1 Å². The lowest BCUT2D eigenvalue weighted by atomic mass is 10.3. The van der Waals surface area contributed by atoms with Gasteiger partial charge in [0, 0.05) is 12.2 Å². The van der Waals surface area contributed by atoms with E-state index in [1.165, 1.54) is 6.07 Å². The molecule has 0 aliphatic carbocycles. The Balaban J connectivity index is 2.11. The Morgan fingerprint density at radius 3 is 2.36 bits per heavy atom. The summed E-state index contributed by atoms with van der Waals surface area (Å²) in [5, 5.41) is 0.148. The molecule has 1 aromatic carbocycles. The molecular formula is C15H13F3N2OS. The Labute approximate surface area is 131 Å². The van der Waals surface area contributed by atoms with E-state index in [4.69, 9.17) is 17.0 Å². The van der Waals surface area contributed by atoms with E-state index in [1.807, 2.05) is 37.3 Å². The number of halogens is 3. The van der Waals surface area contributed by atoms with Crippen molar-refractivity contribution in [3.63, 3.8) is 0 Å². The first kappa shape index (κ1) is 16.2. The highest BCUT2D eigenvalue weighted by atomic mass is 32.1. The average Bonchev–Trinajstić information content (AvgIpc) is 2.48. The van der Waals surface area contributed by atoms with Crippen LogP contribution in [-0.2, 0) is 6.18 Å². The van der Waals surface area contributed by atoms with E-state index in [2.05, 4.69) is 4.98 Å². The van der Waals surface area contributed by atoms with Crippen LogP contribution in [0.4, 0.5) is 18.9 Å². The summed E-state index contributed by atoms with van der Waals surface area (Å²) >= 11 is 5.20. The van der Waals surface area contributed by atoms with Crippen LogP contribution in [0.5, 0.6) is 5.75 Å². The SMILES string of the molecule is CCN(C(=S)Oc1ccc(C(F)(F)F)nc1)c1ccccc1. The zero-order valence-electron chi connectivity index (χ0n) is 11.7. The van der Waals surface area contributed by atoms with Crippen LogP contribution in [0.2, 0.25) is 0 Å². The maximum absolute atomic E-state index is 12.4. The fraction of sp³-hybridized carbons (Fsp3) is 0.200. The van der Waals surface area contributed by atoms with Gasteiger partial charge in [0.25, 0.3) is 5.17 Å². The highest BCUT2D eigenvalue weighted by Gasteiger charge is 2.32. The fourth-order valence-corrected chi connectivity index (χ4v) is 2.12. The highest BCUT2D eigenvalue weighted by Crippen LogP contribution is 2.28. The quantitative estimate of drug-likeness (QED) is 0.786. The summed E-state index contributed by atoms with van der Waals surface area (Å²) in [4.78, 5) is 5.06. The van der Waals surface area contributed by atoms with Crippen molar-refractivity contribution in [1.82, 2.24) is 4.98 Å². The molecule has 2 rings (SSSR count). The summed E-state index contributed by atoms with van der Waals surface area (Å²) in [6, 6.07) is 11.4. The van der Waals surface area contributed by atoms with Crippen molar-refractivity contribution in [2.75, 3.05) is 11.4 Å². The lowest BCUT2D eigenvalue weighted by Gasteiger charge is -2.23. The van der Waals surface area contributed by atoms with Crippen molar-refractivity contribution < 1.29 is 17.9 Å². The molecule has 0 atom stereocenters. The van der Waals surface area contributed by atoms with Gasteiger partial charge in [-0.15, -0.1) is 0 Å². The summed E-state index contributed by atoms with van der Waals surface area (Å²) in [7, 11) is 0. The molecule has 0 unspecified atom stereocenters. The van der Waals surface area contributed by atoms with Gasteiger partial charge in [0.1, 0.15) is 11.4 Å². The minimum Gasteiger partial charge on any atom is -0.430 e. The first-order chi connectivity index (χ1) is 10.4. The third-order valence-corrected chi connectivity index (χ3v) is 3.14. The average molecular weight is 326 g/mol. The van der Waals surface area contributed by atoms with E-state index in [-0.39, 0.29) is 10.9 Å². The normalized spacial score (nSPS) is 11.1. The Hall–Kier alpha value is -2.15. The standard InChI is InChI=1S/C15H13F3N2OS/c1-2-20(11-6-4-3-5-7-11)14(22)21-12-8-9-13(19-10-12)15(16,17)18/h3-10H,2H2,1H3. The van der Waals surface area contributed by atoms with Crippen LogP contribution in [0.3, 0.4) is 0 Å².